The predicted octanol–water partition coefficient (Wildman–Crippen LogP) is 2.18. The predicted molar refractivity (Wildman–Crippen MR) is 91.1 cm³/mol. The molecule has 1 fully saturated rings. The molecule has 0 amide bonds. The van der Waals surface area contributed by atoms with E-state index in [4.69, 9.17) is 4.42 Å². The van der Waals surface area contributed by atoms with Crippen LogP contribution in [-0.2, 0) is 13.0 Å². The van der Waals surface area contributed by atoms with Crippen molar-refractivity contribution >= 4 is 11.0 Å². The van der Waals surface area contributed by atoms with Gasteiger partial charge in [-0.1, -0.05) is 13.8 Å². The standard InChI is InChI=1S/C19H25NO3/c1-4-14-9-17(21)23-16-8-13(3)15(19(22)18(14)16)11-20-7-5-6-12(2)10-20/h8-9,12,22H,4-7,10-11H2,1-3H3/p+1/t12-/m0/s1. The van der Waals surface area contributed by atoms with Crippen LogP contribution in [0.5, 0.6) is 5.75 Å². The fourth-order valence-corrected chi connectivity index (χ4v) is 3.86. The average Bonchev–Trinajstić information content (AvgIpc) is 2.50. The molecule has 0 bridgehead atoms. The highest BCUT2D eigenvalue weighted by Gasteiger charge is 2.23. The molecule has 124 valence electrons. The summed E-state index contributed by atoms with van der Waals surface area (Å²) in [5, 5.41) is 11.6. The van der Waals surface area contributed by atoms with Crippen LogP contribution >= 0.6 is 0 Å². The first-order valence-electron chi connectivity index (χ1n) is 8.61. The molecule has 4 nitrogen and oxygen atoms in total. The van der Waals surface area contributed by atoms with Gasteiger partial charge in [0.1, 0.15) is 17.9 Å². The molecule has 1 aliphatic heterocycles. The number of quaternary nitrogens is 1. The second-order valence-corrected chi connectivity index (χ2v) is 6.97. The van der Waals surface area contributed by atoms with Gasteiger partial charge in [-0.2, -0.15) is 0 Å². The number of piperidine rings is 1. The first-order valence-corrected chi connectivity index (χ1v) is 8.61. The van der Waals surface area contributed by atoms with E-state index in [-0.39, 0.29) is 5.63 Å². The smallest absolute Gasteiger partial charge is 0.336 e. The van der Waals surface area contributed by atoms with Crippen LogP contribution in [0.2, 0.25) is 0 Å². The topological polar surface area (TPSA) is 54.9 Å². The molecule has 4 heteroatoms. The molecule has 0 saturated carbocycles. The molecular weight excluding hydrogens is 290 g/mol. The van der Waals surface area contributed by atoms with Crippen molar-refractivity contribution in [2.24, 2.45) is 5.92 Å². The Kier molecular flexibility index (Phi) is 4.44. The third kappa shape index (κ3) is 3.13. The first kappa shape index (κ1) is 16.1. The molecule has 23 heavy (non-hydrogen) atoms. The summed E-state index contributed by atoms with van der Waals surface area (Å²) in [5.74, 6) is 1.04. The molecule has 2 atom stereocenters. The van der Waals surface area contributed by atoms with Crippen molar-refractivity contribution in [3.8, 4) is 5.75 Å². The zero-order chi connectivity index (χ0) is 16.6. The van der Waals surface area contributed by atoms with E-state index < -0.39 is 0 Å². The van der Waals surface area contributed by atoms with E-state index in [1.54, 1.807) is 0 Å². The van der Waals surface area contributed by atoms with E-state index in [0.29, 0.717) is 23.1 Å². The second-order valence-electron chi connectivity index (χ2n) is 6.97. The monoisotopic (exact) mass is 316 g/mol. The molecule has 1 saturated heterocycles. The van der Waals surface area contributed by atoms with Crippen LogP contribution in [0.1, 0.15) is 43.4 Å². The summed E-state index contributed by atoms with van der Waals surface area (Å²) in [6, 6.07) is 3.40. The lowest BCUT2D eigenvalue weighted by Gasteiger charge is -2.28. The number of likely N-dealkylation sites (tertiary alicyclic amines) is 1. The lowest BCUT2D eigenvalue weighted by molar-refractivity contribution is -0.922. The Morgan fingerprint density at radius 2 is 2.17 bits per heavy atom. The van der Waals surface area contributed by atoms with Gasteiger partial charge in [-0.15, -0.1) is 0 Å². The van der Waals surface area contributed by atoms with Crippen molar-refractivity contribution < 1.29 is 14.4 Å². The van der Waals surface area contributed by atoms with E-state index in [2.05, 4.69) is 6.92 Å². The number of rotatable bonds is 3. The van der Waals surface area contributed by atoms with E-state index in [9.17, 15) is 9.90 Å². The van der Waals surface area contributed by atoms with E-state index in [0.717, 1.165) is 42.2 Å². The maximum Gasteiger partial charge on any atom is 0.336 e. The summed E-state index contributed by atoms with van der Waals surface area (Å²) < 4.78 is 5.31. The van der Waals surface area contributed by atoms with Crippen molar-refractivity contribution in [3.63, 3.8) is 0 Å². The lowest BCUT2D eigenvalue weighted by atomic mass is 9.96. The van der Waals surface area contributed by atoms with Gasteiger partial charge in [-0.3, -0.25) is 0 Å². The Labute approximate surface area is 136 Å². The summed E-state index contributed by atoms with van der Waals surface area (Å²) >= 11 is 0. The highest BCUT2D eigenvalue weighted by atomic mass is 16.4. The van der Waals surface area contributed by atoms with Crippen molar-refractivity contribution in [1.82, 2.24) is 0 Å². The van der Waals surface area contributed by atoms with E-state index >= 15 is 0 Å². The SMILES string of the molecule is CCc1cc(=O)oc2cc(C)c(C[NH+]3CCC[C@H](C)C3)c(O)c12. The van der Waals surface area contributed by atoms with E-state index in [1.165, 1.54) is 23.8 Å². The van der Waals surface area contributed by atoms with Gasteiger partial charge in [-0.05, 0) is 43.4 Å². The fourth-order valence-electron chi connectivity index (χ4n) is 3.86. The number of phenols is 1. The number of nitrogens with one attached hydrogen (secondary N) is 1. The van der Waals surface area contributed by atoms with Crippen molar-refractivity contribution in [3.05, 3.63) is 39.2 Å². The third-order valence-electron chi connectivity index (χ3n) is 5.09. The number of aryl methyl sites for hydroxylation is 2. The molecule has 1 aromatic heterocycles. The molecule has 2 aromatic rings. The van der Waals surface area contributed by atoms with Crippen molar-refractivity contribution in [2.75, 3.05) is 13.1 Å². The zero-order valence-electron chi connectivity index (χ0n) is 14.2. The van der Waals surface area contributed by atoms with Crippen LogP contribution in [0.4, 0.5) is 0 Å². The van der Waals surface area contributed by atoms with Crippen LogP contribution in [0.25, 0.3) is 11.0 Å². The van der Waals surface area contributed by atoms with Crippen LogP contribution in [0.3, 0.4) is 0 Å². The Bertz CT molecular complexity index is 778. The molecule has 1 aromatic carbocycles. The van der Waals surface area contributed by atoms with Gasteiger partial charge in [-0.25, -0.2) is 4.79 Å². The van der Waals surface area contributed by atoms with Gasteiger partial charge in [0.15, 0.2) is 0 Å². The zero-order valence-corrected chi connectivity index (χ0v) is 14.2. The summed E-state index contributed by atoms with van der Waals surface area (Å²) in [6.45, 7) is 9.42. The van der Waals surface area contributed by atoms with Gasteiger partial charge >= 0.3 is 5.63 Å². The number of hydrogen-bond acceptors (Lipinski definition) is 3. The number of fused-ring (bicyclic) bond motifs is 1. The Hall–Kier alpha value is -1.81. The van der Waals surface area contributed by atoms with Crippen LogP contribution < -0.4 is 10.5 Å². The molecule has 1 unspecified atom stereocenters. The van der Waals surface area contributed by atoms with Gasteiger partial charge in [0, 0.05) is 12.0 Å². The number of benzene rings is 1. The molecule has 2 N–H and O–H groups in total. The number of aromatic hydroxyl groups is 1. The fraction of sp³-hybridized carbons (Fsp3) is 0.526. The Morgan fingerprint density at radius 1 is 1.39 bits per heavy atom. The largest absolute Gasteiger partial charge is 0.507 e. The average molecular weight is 316 g/mol. The van der Waals surface area contributed by atoms with Gasteiger partial charge in [0.2, 0.25) is 0 Å². The van der Waals surface area contributed by atoms with Gasteiger partial charge in [0.05, 0.1) is 24.0 Å². The van der Waals surface area contributed by atoms with Crippen LogP contribution in [0, 0.1) is 12.8 Å². The Morgan fingerprint density at radius 3 is 2.87 bits per heavy atom. The second kappa shape index (κ2) is 6.36. The summed E-state index contributed by atoms with van der Waals surface area (Å²) in [6.07, 6.45) is 3.25. The minimum absolute atomic E-state index is 0.298. The van der Waals surface area contributed by atoms with Gasteiger partial charge < -0.3 is 14.4 Å². The van der Waals surface area contributed by atoms with Crippen molar-refractivity contribution in [1.29, 1.82) is 0 Å². The quantitative estimate of drug-likeness (QED) is 0.854. The van der Waals surface area contributed by atoms with Gasteiger partial charge in [0.25, 0.3) is 0 Å². The molecule has 3 rings (SSSR count). The maximum atomic E-state index is 11.7. The number of phenolic OH excluding ortho intramolecular Hbond substituents is 1. The highest BCUT2D eigenvalue weighted by Crippen LogP contribution is 2.33. The minimum Gasteiger partial charge on any atom is -0.507 e. The highest BCUT2D eigenvalue weighted by molar-refractivity contribution is 5.88. The molecule has 2 heterocycles. The van der Waals surface area contributed by atoms with Crippen LogP contribution in [0.15, 0.2) is 21.3 Å². The normalized spacial score (nSPS) is 21.7. The molecule has 0 aliphatic carbocycles. The lowest BCUT2D eigenvalue weighted by Crippen LogP contribution is -3.12. The third-order valence-corrected chi connectivity index (χ3v) is 5.09. The van der Waals surface area contributed by atoms with Crippen LogP contribution in [-0.4, -0.2) is 18.2 Å². The Balaban J connectivity index is 2.06. The number of hydrogen-bond donors (Lipinski definition) is 2. The molecule has 0 radical (unpaired) electrons. The van der Waals surface area contributed by atoms with Crippen molar-refractivity contribution in [2.45, 2.75) is 46.6 Å². The molecule has 1 aliphatic rings. The molecular formula is C19H26NO3+. The molecule has 0 spiro atoms. The van der Waals surface area contributed by atoms with E-state index in [1.807, 2.05) is 19.9 Å². The first-order chi connectivity index (χ1) is 11.0. The summed E-state index contributed by atoms with van der Waals surface area (Å²) in [5.41, 5.74) is 2.99. The maximum absolute atomic E-state index is 11.7. The summed E-state index contributed by atoms with van der Waals surface area (Å²) in [7, 11) is 0. The summed E-state index contributed by atoms with van der Waals surface area (Å²) in [4.78, 5) is 13.2. The minimum atomic E-state index is -0.351.